The molecule has 0 spiro atoms. The number of allylic oxidation sites excluding steroid dienone is 3. The lowest BCUT2D eigenvalue weighted by molar-refractivity contribution is 0.518. The molecule has 80 valence electrons. The molecule has 0 aromatic carbocycles. The van der Waals surface area contributed by atoms with Gasteiger partial charge in [0, 0.05) is 12.2 Å². The van der Waals surface area contributed by atoms with Crippen LogP contribution in [-0.4, -0.2) is 6.54 Å². The van der Waals surface area contributed by atoms with Gasteiger partial charge in [0.25, 0.3) is 0 Å². The number of hydrogen-bond acceptors (Lipinski definition) is 1. The van der Waals surface area contributed by atoms with Crippen LogP contribution in [0.25, 0.3) is 0 Å². The molecule has 0 aromatic rings. The van der Waals surface area contributed by atoms with Gasteiger partial charge in [0.15, 0.2) is 0 Å². The van der Waals surface area contributed by atoms with E-state index in [9.17, 15) is 0 Å². The molecule has 0 saturated heterocycles. The molecule has 0 aliphatic carbocycles. The predicted octanol–water partition coefficient (Wildman–Crippen LogP) is 3.64. The van der Waals surface area contributed by atoms with Crippen LogP contribution in [0.15, 0.2) is 23.9 Å². The van der Waals surface area contributed by atoms with E-state index in [4.69, 9.17) is 0 Å². The maximum atomic E-state index is 3.43. The minimum absolute atomic E-state index is 0.705. The van der Waals surface area contributed by atoms with Crippen molar-refractivity contribution in [1.82, 2.24) is 5.32 Å². The molecule has 1 heterocycles. The summed E-state index contributed by atoms with van der Waals surface area (Å²) in [5.74, 6) is 0.705. The third kappa shape index (κ3) is 3.99. The molecule has 0 amide bonds. The zero-order valence-corrected chi connectivity index (χ0v) is 9.55. The van der Waals surface area contributed by atoms with E-state index in [1.54, 1.807) is 0 Å². The lowest BCUT2D eigenvalue weighted by Crippen LogP contribution is -2.20. The summed E-state index contributed by atoms with van der Waals surface area (Å²) >= 11 is 0. The van der Waals surface area contributed by atoms with Gasteiger partial charge in [0.1, 0.15) is 0 Å². The number of rotatable bonds is 6. The zero-order valence-electron chi connectivity index (χ0n) is 9.55. The number of nitrogens with one attached hydrogen (secondary N) is 1. The summed E-state index contributed by atoms with van der Waals surface area (Å²) in [6.07, 6.45) is 13.3. The van der Waals surface area contributed by atoms with Gasteiger partial charge in [-0.1, -0.05) is 51.7 Å². The van der Waals surface area contributed by atoms with Crippen molar-refractivity contribution in [3.63, 3.8) is 0 Å². The van der Waals surface area contributed by atoms with Gasteiger partial charge in [0.05, 0.1) is 0 Å². The first-order valence-corrected chi connectivity index (χ1v) is 5.95. The van der Waals surface area contributed by atoms with E-state index >= 15 is 0 Å². The summed E-state index contributed by atoms with van der Waals surface area (Å²) in [6.45, 7) is 5.59. The second kappa shape index (κ2) is 6.69. The van der Waals surface area contributed by atoms with Gasteiger partial charge in [0.2, 0.25) is 0 Å². The van der Waals surface area contributed by atoms with Gasteiger partial charge in [-0.2, -0.15) is 0 Å². The molecule has 1 aliphatic heterocycles. The normalized spacial score (nSPS) is 17.4. The van der Waals surface area contributed by atoms with Gasteiger partial charge in [-0.3, -0.25) is 0 Å². The van der Waals surface area contributed by atoms with Crippen molar-refractivity contribution in [2.45, 2.75) is 46.0 Å². The number of hydrogen-bond donors (Lipinski definition) is 1. The second-order valence-corrected chi connectivity index (χ2v) is 4.18. The second-order valence-electron chi connectivity index (χ2n) is 4.18. The van der Waals surface area contributed by atoms with Crippen LogP contribution < -0.4 is 5.32 Å². The van der Waals surface area contributed by atoms with Crippen LogP contribution in [0.2, 0.25) is 0 Å². The highest BCUT2D eigenvalue weighted by atomic mass is 14.9. The largest absolute Gasteiger partial charge is 0.385 e. The van der Waals surface area contributed by atoms with E-state index in [1.165, 1.54) is 37.8 Å². The minimum atomic E-state index is 0.705. The molecule has 0 fully saturated rings. The van der Waals surface area contributed by atoms with Gasteiger partial charge < -0.3 is 5.32 Å². The summed E-state index contributed by atoms with van der Waals surface area (Å²) in [4.78, 5) is 0. The van der Waals surface area contributed by atoms with E-state index in [1.807, 2.05) is 0 Å². The van der Waals surface area contributed by atoms with Crippen LogP contribution in [0.3, 0.4) is 0 Å². The van der Waals surface area contributed by atoms with Gasteiger partial charge in [-0.05, 0) is 18.4 Å². The Balaban J connectivity index is 2.17. The highest BCUT2D eigenvalue weighted by molar-refractivity contribution is 5.18. The molecule has 0 radical (unpaired) electrons. The first kappa shape index (κ1) is 11.4. The molecular formula is C13H23N. The third-order valence-corrected chi connectivity index (χ3v) is 2.86. The molecular weight excluding hydrogens is 170 g/mol. The Morgan fingerprint density at radius 3 is 2.86 bits per heavy atom. The van der Waals surface area contributed by atoms with Crippen LogP contribution in [0.5, 0.6) is 0 Å². The summed E-state index contributed by atoms with van der Waals surface area (Å²) in [6, 6.07) is 0. The lowest BCUT2D eigenvalue weighted by Gasteiger charge is -2.18. The lowest BCUT2D eigenvalue weighted by atomic mass is 9.98. The molecule has 1 nitrogen and oxygen atoms in total. The Labute approximate surface area is 88.3 Å². The van der Waals surface area contributed by atoms with Crippen LogP contribution in [-0.2, 0) is 0 Å². The van der Waals surface area contributed by atoms with E-state index in [-0.39, 0.29) is 0 Å². The Kier molecular flexibility index (Phi) is 5.43. The Morgan fingerprint density at radius 1 is 1.36 bits per heavy atom. The van der Waals surface area contributed by atoms with Crippen molar-refractivity contribution < 1.29 is 0 Å². The number of unbranched alkanes of at least 4 members (excludes halogenated alkanes) is 3. The van der Waals surface area contributed by atoms with Crippen molar-refractivity contribution >= 4 is 0 Å². The molecule has 14 heavy (non-hydrogen) atoms. The first-order valence-electron chi connectivity index (χ1n) is 5.95. The first-order chi connectivity index (χ1) is 6.84. The Hall–Kier alpha value is -0.720. The van der Waals surface area contributed by atoms with E-state index in [0.717, 1.165) is 6.54 Å². The molecule has 0 saturated carbocycles. The highest BCUT2D eigenvalue weighted by Gasteiger charge is 2.08. The van der Waals surface area contributed by atoms with Crippen molar-refractivity contribution in [2.24, 2.45) is 5.92 Å². The fourth-order valence-electron chi connectivity index (χ4n) is 1.85. The van der Waals surface area contributed by atoms with Crippen LogP contribution >= 0.6 is 0 Å². The molecule has 1 atom stereocenters. The maximum absolute atomic E-state index is 3.43. The summed E-state index contributed by atoms with van der Waals surface area (Å²) in [5.41, 5.74) is 1.42. The van der Waals surface area contributed by atoms with Gasteiger partial charge in [-0.25, -0.2) is 0 Å². The molecule has 1 unspecified atom stereocenters. The van der Waals surface area contributed by atoms with Crippen LogP contribution in [0.4, 0.5) is 0 Å². The van der Waals surface area contributed by atoms with Crippen LogP contribution in [0, 0.1) is 5.92 Å². The Bertz CT molecular complexity index is 203. The quantitative estimate of drug-likeness (QED) is 0.635. The molecule has 1 N–H and O–H groups in total. The standard InChI is InChI=1S/C13H23N/c1-3-4-5-6-9-12(2)13-10-7-8-11-14-13/h7-8,10,12,14H,3-6,9,11H2,1-2H3. The Morgan fingerprint density at radius 2 is 2.21 bits per heavy atom. The smallest absolute Gasteiger partial charge is 0.0330 e. The van der Waals surface area contributed by atoms with E-state index < -0.39 is 0 Å². The van der Waals surface area contributed by atoms with Gasteiger partial charge >= 0.3 is 0 Å². The SMILES string of the molecule is CCCCCCC(C)C1=CC=CCN1. The molecule has 1 aliphatic rings. The molecule has 0 aromatic heterocycles. The van der Waals surface area contributed by atoms with Crippen molar-refractivity contribution in [1.29, 1.82) is 0 Å². The van der Waals surface area contributed by atoms with Crippen molar-refractivity contribution in [2.75, 3.05) is 6.54 Å². The summed E-state index contributed by atoms with van der Waals surface area (Å²) in [5, 5.41) is 3.43. The maximum Gasteiger partial charge on any atom is 0.0330 e. The van der Waals surface area contributed by atoms with E-state index in [0.29, 0.717) is 5.92 Å². The molecule has 1 rings (SSSR count). The molecule has 1 heteroatoms. The summed E-state index contributed by atoms with van der Waals surface area (Å²) < 4.78 is 0. The highest BCUT2D eigenvalue weighted by Crippen LogP contribution is 2.17. The average molecular weight is 193 g/mol. The fraction of sp³-hybridized carbons (Fsp3) is 0.692. The van der Waals surface area contributed by atoms with E-state index in [2.05, 4.69) is 37.4 Å². The monoisotopic (exact) mass is 193 g/mol. The topological polar surface area (TPSA) is 12.0 Å². The average Bonchev–Trinajstić information content (AvgIpc) is 2.25. The fourth-order valence-corrected chi connectivity index (χ4v) is 1.85. The number of dihydropyridines is 1. The third-order valence-electron chi connectivity index (χ3n) is 2.86. The molecule has 0 bridgehead atoms. The van der Waals surface area contributed by atoms with Gasteiger partial charge in [-0.15, -0.1) is 0 Å². The van der Waals surface area contributed by atoms with Crippen molar-refractivity contribution in [3.8, 4) is 0 Å². The summed E-state index contributed by atoms with van der Waals surface area (Å²) in [7, 11) is 0. The minimum Gasteiger partial charge on any atom is -0.385 e. The predicted molar refractivity (Wildman–Crippen MR) is 63.1 cm³/mol. The zero-order chi connectivity index (χ0) is 10.2. The van der Waals surface area contributed by atoms with Crippen LogP contribution in [0.1, 0.15) is 46.0 Å². The van der Waals surface area contributed by atoms with Crippen molar-refractivity contribution in [3.05, 3.63) is 23.9 Å².